The van der Waals surface area contributed by atoms with Gasteiger partial charge in [0.1, 0.15) is 5.75 Å². The number of phenolic OH excluding ortho intramolecular Hbond substituents is 1. The van der Waals surface area contributed by atoms with E-state index in [1.807, 2.05) is 26.2 Å². The summed E-state index contributed by atoms with van der Waals surface area (Å²) in [6.07, 6.45) is 0.0747. The van der Waals surface area contributed by atoms with Gasteiger partial charge in [0.2, 0.25) is 6.43 Å². The Morgan fingerprint density at radius 2 is 1.97 bits per heavy atom. The molecule has 0 aliphatic heterocycles. The first-order valence-corrected chi connectivity index (χ1v) is 10.3. The third kappa shape index (κ3) is 5.32. The molecule has 0 saturated heterocycles. The van der Waals surface area contributed by atoms with Gasteiger partial charge in [-0.05, 0) is 54.8 Å². The van der Waals surface area contributed by atoms with E-state index in [-0.39, 0.29) is 18.0 Å². The van der Waals surface area contributed by atoms with Crippen molar-refractivity contribution >= 4 is 17.2 Å². The van der Waals surface area contributed by atoms with E-state index in [0.717, 1.165) is 11.3 Å². The van der Waals surface area contributed by atoms with Crippen LogP contribution in [0.15, 0.2) is 36.5 Å². The van der Waals surface area contributed by atoms with E-state index in [1.165, 1.54) is 0 Å². The second-order valence-corrected chi connectivity index (χ2v) is 7.56. The van der Waals surface area contributed by atoms with Crippen LogP contribution in [-0.4, -0.2) is 33.6 Å². The molecule has 1 aromatic heterocycles. The molecule has 0 amide bonds. The lowest BCUT2D eigenvalue weighted by Gasteiger charge is -2.18. The number of nitrogens with two attached hydrogens (primary N) is 1. The maximum Gasteiger partial charge on any atom is 0.242 e. The van der Waals surface area contributed by atoms with Crippen LogP contribution < -0.4 is 11.1 Å². The van der Waals surface area contributed by atoms with Gasteiger partial charge in [-0.15, -0.1) is 0 Å². The van der Waals surface area contributed by atoms with Crippen LogP contribution >= 0.6 is 0 Å². The van der Waals surface area contributed by atoms with Gasteiger partial charge in [-0.3, -0.25) is 14.6 Å². The number of hydrogen-bond acceptors (Lipinski definition) is 4. The molecule has 0 unspecified atom stereocenters. The average molecular weight is 430 g/mol. The second-order valence-electron chi connectivity index (χ2n) is 7.56. The van der Waals surface area contributed by atoms with Gasteiger partial charge >= 0.3 is 0 Å². The summed E-state index contributed by atoms with van der Waals surface area (Å²) in [7, 11) is 1.87. The van der Waals surface area contributed by atoms with Crippen molar-refractivity contribution in [2.75, 3.05) is 11.9 Å². The van der Waals surface area contributed by atoms with E-state index < -0.39 is 12.8 Å². The van der Waals surface area contributed by atoms with Crippen molar-refractivity contribution in [1.82, 2.24) is 9.78 Å². The highest BCUT2D eigenvalue weighted by Gasteiger charge is 2.20. The molecule has 166 valence electrons. The van der Waals surface area contributed by atoms with Crippen molar-refractivity contribution in [2.24, 2.45) is 12.8 Å². The Hall–Kier alpha value is -3.13. The summed E-state index contributed by atoms with van der Waals surface area (Å²) in [5.74, 6) is -0.130. The number of H-pyrrole nitrogens is 1. The normalized spacial score (nSPS) is 11.3. The number of anilines is 2. The minimum atomic E-state index is -2.57. The standard InChI is InChI=1S/C23H28F2N4O2/c1-3-14-9-17(10-16(12-22(24)25)23(14)20(30)5-4-8-26)27-18-7-6-15(11-21(18)31)19-13-29(2)28-19/h6-7,9-11,13,22,27-28,31H,3-5,8,12,26H2,1-2H3. The molecule has 1 heterocycles. The summed E-state index contributed by atoms with van der Waals surface area (Å²) >= 11 is 0. The Bertz CT molecular complexity index is 1040. The summed E-state index contributed by atoms with van der Waals surface area (Å²) < 4.78 is 28.3. The van der Waals surface area contributed by atoms with Crippen molar-refractivity contribution in [3.8, 4) is 17.0 Å². The maximum absolute atomic E-state index is 13.3. The van der Waals surface area contributed by atoms with Crippen LogP contribution in [0.3, 0.4) is 0 Å². The number of rotatable bonds is 10. The molecule has 0 spiro atoms. The molecule has 31 heavy (non-hydrogen) atoms. The second kappa shape index (κ2) is 9.78. The molecule has 3 rings (SSSR count). The number of ketones is 1. The SMILES string of the molecule is CCc1cc(Nc2ccc(-c3cn(C)[nH]3)cc2O)cc(CC(F)F)c1C(=O)CCCN. The number of aromatic hydroxyl groups is 1. The van der Waals surface area contributed by atoms with Gasteiger partial charge in [0, 0.05) is 42.9 Å². The van der Waals surface area contributed by atoms with Crippen LogP contribution in [0.4, 0.5) is 20.2 Å². The molecule has 0 atom stereocenters. The number of hydrogen-bond donors (Lipinski definition) is 4. The molecule has 5 N–H and O–H groups in total. The number of halogens is 2. The Balaban J connectivity index is 1.93. The molecule has 0 fully saturated rings. The quantitative estimate of drug-likeness (QED) is 0.275. The van der Waals surface area contributed by atoms with Crippen molar-refractivity contribution in [3.05, 3.63) is 53.2 Å². The summed E-state index contributed by atoms with van der Waals surface area (Å²) in [5, 5.41) is 16.6. The van der Waals surface area contributed by atoms with Crippen molar-refractivity contribution < 1.29 is 18.7 Å². The minimum Gasteiger partial charge on any atom is -0.506 e. The number of alkyl halides is 2. The molecule has 6 nitrogen and oxygen atoms in total. The van der Waals surface area contributed by atoms with E-state index in [4.69, 9.17) is 5.73 Å². The Kier molecular flexibility index (Phi) is 7.12. The van der Waals surface area contributed by atoms with Crippen molar-refractivity contribution in [2.45, 2.75) is 39.0 Å². The zero-order valence-corrected chi connectivity index (χ0v) is 17.7. The third-order valence-corrected chi connectivity index (χ3v) is 5.15. The monoisotopic (exact) mass is 430 g/mol. The highest BCUT2D eigenvalue weighted by atomic mass is 19.3. The highest BCUT2D eigenvalue weighted by Crippen LogP contribution is 2.33. The number of carbonyl (C=O) groups excluding carboxylic acids is 1. The number of nitrogens with zero attached hydrogens (tertiary/aromatic N) is 1. The number of Topliss-reactive ketones (excluding diaryl/α,β-unsaturated/α-hetero) is 1. The lowest BCUT2D eigenvalue weighted by Crippen LogP contribution is -2.13. The van der Waals surface area contributed by atoms with Crippen LogP contribution in [0.1, 0.15) is 41.3 Å². The molecular weight excluding hydrogens is 402 g/mol. The van der Waals surface area contributed by atoms with Crippen molar-refractivity contribution in [1.29, 1.82) is 0 Å². The molecule has 0 aliphatic rings. The number of aromatic amines is 1. The van der Waals surface area contributed by atoms with Crippen LogP contribution in [0.5, 0.6) is 5.75 Å². The van der Waals surface area contributed by atoms with Crippen LogP contribution in [0.25, 0.3) is 11.3 Å². The van der Waals surface area contributed by atoms with Gasteiger partial charge in [0.05, 0.1) is 11.4 Å². The number of benzene rings is 2. The van der Waals surface area contributed by atoms with Gasteiger partial charge < -0.3 is 16.2 Å². The summed E-state index contributed by atoms with van der Waals surface area (Å²) in [5.41, 5.74) is 9.59. The van der Waals surface area contributed by atoms with Crippen LogP contribution in [-0.2, 0) is 19.9 Å². The number of carbonyl (C=O) groups is 1. The van der Waals surface area contributed by atoms with Crippen molar-refractivity contribution in [3.63, 3.8) is 0 Å². The predicted molar refractivity (Wildman–Crippen MR) is 118 cm³/mol. The smallest absolute Gasteiger partial charge is 0.242 e. The molecule has 0 radical (unpaired) electrons. The Morgan fingerprint density at radius 1 is 1.26 bits per heavy atom. The largest absolute Gasteiger partial charge is 0.506 e. The highest BCUT2D eigenvalue weighted by molar-refractivity contribution is 5.99. The lowest BCUT2D eigenvalue weighted by molar-refractivity contribution is 0.0977. The zero-order chi connectivity index (χ0) is 22.5. The summed E-state index contributed by atoms with van der Waals surface area (Å²) in [4.78, 5) is 12.7. The fourth-order valence-electron chi connectivity index (χ4n) is 3.67. The molecule has 2 aromatic carbocycles. The molecule has 0 aliphatic carbocycles. The van der Waals surface area contributed by atoms with E-state index in [9.17, 15) is 18.7 Å². The van der Waals surface area contributed by atoms with Gasteiger partial charge in [0.15, 0.2) is 5.78 Å². The molecule has 8 heteroatoms. The fraction of sp³-hybridized carbons (Fsp3) is 0.348. The topological polar surface area (TPSA) is 96.1 Å². The molecule has 0 saturated carbocycles. The number of aryl methyl sites for hydroxylation is 2. The third-order valence-electron chi connectivity index (χ3n) is 5.15. The number of aromatic nitrogens is 2. The van der Waals surface area contributed by atoms with E-state index in [2.05, 4.69) is 10.4 Å². The summed E-state index contributed by atoms with van der Waals surface area (Å²) in [6.45, 7) is 2.25. The maximum atomic E-state index is 13.3. The molecular formula is C23H28F2N4O2. The predicted octanol–water partition coefficient (Wildman–Crippen LogP) is 4.76. The summed E-state index contributed by atoms with van der Waals surface area (Å²) in [6, 6.07) is 8.55. The Labute approximate surface area is 180 Å². The van der Waals surface area contributed by atoms with Gasteiger partial charge in [-0.2, -0.15) is 0 Å². The minimum absolute atomic E-state index is 0.0336. The van der Waals surface area contributed by atoms with Crippen LogP contribution in [0.2, 0.25) is 0 Å². The molecule has 0 bridgehead atoms. The van der Waals surface area contributed by atoms with Crippen LogP contribution in [0, 0.1) is 0 Å². The first-order chi connectivity index (χ1) is 14.8. The lowest BCUT2D eigenvalue weighted by atomic mass is 9.91. The van der Waals surface area contributed by atoms with Gasteiger partial charge in [0.25, 0.3) is 0 Å². The number of nitrogens with one attached hydrogen (secondary N) is 2. The van der Waals surface area contributed by atoms with E-state index in [0.29, 0.717) is 47.5 Å². The van der Waals surface area contributed by atoms with E-state index in [1.54, 1.807) is 28.9 Å². The Morgan fingerprint density at radius 3 is 2.55 bits per heavy atom. The fourth-order valence-corrected chi connectivity index (χ4v) is 3.67. The average Bonchev–Trinajstić information content (AvgIpc) is 2.70. The number of phenols is 1. The first kappa shape index (κ1) is 22.6. The van der Waals surface area contributed by atoms with Gasteiger partial charge in [-0.25, -0.2) is 8.78 Å². The van der Waals surface area contributed by atoms with E-state index >= 15 is 0 Å². The zero-order valence-electron chi connectivity index (χ0n) is 17.7. The van der Waals surface area contributed by atoms with Gasteiger partial charge in [-0.1, -0.05) is 13.0 Å². The molecule has 3 aromatic rings. The first-order valence-electron chi connectivity index (χ1n) is 10.3.